The minimum Gasteiger partial charge on any atom is -0.371 e. The number of carbonyl (C=O) groups excluding carboxylic acids is 1. The summed E-state index contributed by atoms with van der Waals surface area (Å²) in [5, 5.41) is 12.3. The van der Waals surface area contributed by atoms with Gasteiger partial charge >= 0.3 is 0 Å². The molecule has 1 aromatic heterocycles. The molecule has 1 aliphatic heterocycles. The third-order valence-corrected chi connectivity index (χ3v) is 4.84. The molecular weight excluding hydrogens is 343 g/mol. The Balaban J connectivity index is 1.52. The summed E-state index contributed by atoms with van der Waals surface area (Å²) in [5.41, 5.74) is 0.917. The molecule has 1 aliphatic rings. The number of amides is 1. The quantitative estimate of drug-likeness (QED) is 0.853. The van der Waals surface area contributed by atoms with Crippen LogP contribution in [0.2, 0.25) is 0 Å². The number of benzene rings is 1. The lowest BCUT2D eigenvalue weighted by atomic mass is 10.1. The van der Waals surface area contributed by atoms with Crippen LogP contribution in [0.3, 0.4) is 0 Å². The number of hydrogen-bond acceptors (Lipinski definition) is 6. The van der Waals surface area contributed by atoms with Crippen LogP contribution in [0.5, 0.6) is 0 Å². The summed E-state index contributed by atoms with van der Waals surface area (Å²) in [6, 6.07) is 6.29. The van der Waals surface area contributed by atoms with Crippen LogP contribution in [0.25, 0.3) is 0 Å². The molecule has 1 aromatic carbocycles. The predicted molar refractivity (Wildman–Crippen MR) is 94.1 cm³/mol. The standard InChI is InChI=1S/C17H21FN4O2S/c1-2-3-16-20-21-17(25-16)19-15(23)11-22-8-9-24-14(10-22)12-4-6-13(18)7-5-12/h4-7,14H,2-3,8-11H2,1H3,(H,19,21,23). The Morgan fingerprint density at radius 2 is 2.20 bits per heavy atom. The number of rotatable bonds is 6. The summed E-state index contributed by atoms with van der Waals surface area (Å²) in [5.74, 6) is -0.380. The number of anilines is 1. The van der Waals surface area contributed by atoms with Gasteiger partial charge in [0, 0.05) is 19.5 Å². The van der Waals surface area contributed by atoms with Gasteiger partial charge in [-0.3, -0.25) is 15.0 Å². The van der Waals surface area contributed by atoms with Crippen molar-refractivity contribution in [2.45, 2.75) is 25.9 Å². The van der Waals surface area contributed by atoms with Crippen molar-refractivity contribution in [3.63, 3.8) is 0 Å². The van der Waals surface area contributed by atoms with E-state index in [1.165, 1.54) is 23.5 Å². The second kappa shape index (κ2) is 8.46. The number of ether oxygens (including phenoxy) is 1. The van der Waals surface area contributed by atoms with Crippen LogP contribution in [-0.4, -0.2) is 47.2 Å². The monoisotopic (exact) mass is 364 g/mol. The lowest BCUT2D eigenvalue weighted by Gasteiger charge is -2.32. The van der Waals surface area contributed by atoms with Crippen LogP contribution < -0.4 is 5.32 Å². The Morgan fingerprint density at radius 1 is 1.40 bits per heavy atom. The molecule has 0 aliphatic carbocycles. The first-order chi connectivity index (χ1) is 12.1. The van der Waals surface area contributed by atoms with Crippen molar-refractivity contribution in [1.82, 2.24) is 15.1 Å². The fourth-order valence-electron chi connectivity index (χ4n) is 2.71. The summed E-state index contributed by atoms with van der Waals surface area (Å²) in [4.78, 5) is 14.3. The molecule has 1 amide bonds. The minimum atomic E-state index is -0.268. The molecule has 25 heavy (non-hydrogen) atoms. The average molecular weight is 364 g/mol. The van der Waals surface area contributed by atoms with E-state index in [0.29, 0.717) is 24.8 Å². The van der Waals surface area contributed by atoms with E-state index in [2.05, 4.69) is 22.4 Å². The number of aryl methyl sites for hydroxylation is 1. The van der Waals surface area contributed by atoms with E-state index in [1.54, 1.807) is 12.1 Å². The molecule has 1 fully saturated rings. The SMILES string of the molecule is CCCc1nnc(NC(=O)CN2CCOC(c3ccc(F)cc3)C2)s1. The van der Waals surface area contributed by atoms with E-state index in [9.17, 15) is 9.18 Å². The van der Waals surface area contributed by atoms with Crippen molar-refractivity contribution in [1.29, 1.82) is 0 Å². The zero-order valence-electron chi connectivity index (χ0n) is 14.1. The highest BCUT2D eigenvalue weighted by molar-refractivity contribution is 7.15. The van der Waals surface area contributed by atoms with Crippen LogP contribution >= 0.6 is 11.3 Å². The Labute approximate surface area is 150 Å². The van der Waals surface area contributed by atoms with Gasteiger partial charge in [-0.05, 0) is 24.1 Å². The summed E-state index contributed by atoms with van der Waals surface area (Å²) in [6.45, 7) is 4.16. The molecule has 0 bridgehead atoms. The Kier molecular flexibility index (Phi) is 6.06. The zero-order chi connectivity index (χ0) is 17.6. The van der Waals surface area contributed by atoms with Gasteiger partial charge in [-0.1, -0.05) is 30.4 Å². The molecule has 0 saturated carbocycles. The molecule has 8 heteroatoms. The van der Waals surface area contributed by atoms with Gasteiger partial charge in [-0.2, -0.15) is 0 Å². The molecule has 6 nitrogen and oxygen atoms in total. The van der Waals surface area contributed by atoms with E-state index in [0.717, 1.165) is 23.4 Å². The van der Waals surface area contributed by atoms with Gasteiger partial charge in [-0.25, -0.2) is 4.39 Å². The highest BCUT2D eigenvalue weighted by Gasteiger charge is 2.23. The van der Waals surface area contributed by atoms with E-state index < -0.39 is 0 Å². The van der Waals surface area contributed by atoms with Crippen LogP contribution in [-0.2, 0) is 16.0 Å². The van der Waals surface area contributed by atoms with Gasteiger partial charge in [0.2, 0.25) is 11.0 Å². The van der Waals surface area contributed by atoms with Crippen LogP contribution in [0, 0.1) is 5.82 Å². The van der Waals surface area contributed by atoms with Gasteiger partial charge in [0.15, 0.2) is 0 Å². The Hall–Kier alpha value is -1.90. The molecule has 0 radical (unpaired) electrons. The molecular formula is C17H21FN4O2S. The third-order valence-electron chi connectivity index (χ3n) is 3.94. The first-order valence-electron chi connectivity index (χ1n) is 8.35. The maximum Gasteiger partial charge on any atom is 0.240 e. The third kappa shape index (κ3) is 5.04. The molecule has 1 saturated heterocycles. The zero-order valence-corrected chi connectivity index (χ0v) is 14.9. The van der Waals surface area contributed by atoms with Gasteiger partial charge in [0.25, 0.3) is 0 Å². The van der Waals surface area contributed by atoms with Gasteiger partial charge in [-0.15, -0.1) is 10.2 Å². The van der Waals surface area contributed by atoms with Gasteiger partial charge in [0.1, 0.15) is 10.8 Å². The van der Waals surface area contributed by atoms with Gasteiger partial charge < -0.3 is 4.74 Å². The first-order valence-corrected chi connectivity index (χ1v) is 9.17. The van der Waals surface area contributed by atoms with E-state index in [4.69, 9.17) is 4.74 Å². The van der Waals surface area contributed by atoms with Crippen molar-refractivity contribution < 1.29 is 13.9 Å². The molecule has 2 aromatic rings. The van der Waals surface area contributed by atoms with Crippen molar-refractivity contribution >= 4 is 22.4 Å². The van der Waals surface area contributed by atoms with E-state index in [-0.39, 0.29) is 24.4 Å². The van der Waals surface area contributed by atoms with E-state index in [1.807, 2.05) is 4.90 Å². The first kappa shape index (κ1) is 17.9. The second-order valence-corrected chi connectivity index (χ2v) is 7.01. The van der Waals surface area contributed by atoms with Crippen molar-refractivity contribution in [2.75, 3.05) is 31.6 Å². The van der Waals surface area contributed by atoms with E-state index >= 15 is 0 Å². The normalized spacial score (nSPS) is 18.2. The minimum absolute atomic E-state index is 0.112. The van der Waals surface area contributed by atoms with Crippen LogP contribution in [0.1, 0.15) is 30.0 Å². The van der Waals surface area contributed by atoms with Gasteiger partial charge in [0.05, 0.1) is 19.3 Å². The summed E-state index contributed by atoms with van der Waals surface area (Å²) >= 11 is 1.41. The highest BCUT2D eigenvalue weighted by Crippen LogP contribution is 2.22. The molecule has 0 spiro atoms. The lowest BCUT2D eigenvalue weighted by molar-refractivity contribution is -0.119. The molecule has 134 valence electrons. The Bertz CT molecular complexity index is 707. The predicted octanol–water partition coefficient (Wildman–Crippen LogP) is 2.64. The number of aromatic nitrogens is 2. The molecule has 3 rings (SSSR count). The topological polar surface area (TPSA) is 67.4 Å². The maximum absolute atomic E-state index is 13.0. The summed E-state index contributed by atoms with van der Waals surface area (Å²) in [7, 11) is 0. The van der Waals surface area contributed by atoms with Crippen molar-refractivity contribution in [3.05, 3.63) is 40.7 Å². The highest BCUT2D eigenvalue weighted by atomic mass is 32.1. The lowest BCUT2D eigenvalue weighted by Crippen LogP contribution is -2.42. The molecule has 1 atom stereocenters. The summed E-state index contributed by atoms with van der Waals surface area (Å²) < 4.78 is 18.8. The maximum atomic E-state index is 13.0. The number of nitrogens with one attached hydrogen (secondary N) is 1. The Morgan fingerprint density at radius 3 is 2.96 bits per heavy atom. The largest absolute Gasteiger partial charge is 0.371 e. The van der Waals surface area contributed by atoms with Crippen molar-refractivity contribution in [2.24, 2.45) is 0 Å². The van der Waals surface area contributed by atoms with Crippen molar-refractivity contribution in [3.8, 4) is 0 Å². The number of halogens is 1. The average Bonchev–Trinajstić information content (AvgIpc) is 3.03. The summed E-state index contributed by atoms with van der Waals surface area (Å²) in [6.07, 6.45) is 1.72. The smallest absolute Gasteiger partial charge is 0.240 e. The number of nitrogens with zero attached hydrogens (tertiary/aromatic N) is 3. The second-order valence-electron chi connectivity index (χ2n) is 5.95. The molecule has 1 N–H and O–H groups in total. The molecule has 2 heterocycles. The number of hydrogen-bond donors (Lipinski definition) is 1. The number of morpholine rings is 1. The fourth-order valence-corrected chi connectivity index (χ4v) is 3.56. The molecule has 1 unspecified atom stereocenters. The van der Waals surface area contributed by atoms with Crippen LogP contribution in [0.15, 0.2) is 24.3 Å². The van der Waals surface area contributed by atoms with Crippen LogP contribution in [0.4, 0.5) is 9.52 Å². The fraction of sp³-hybridized carbons (Fsp3) is 0.471. The number of carbonyl (C=O) groups is 1.